The zero-order chi connectivity index (χ0) is 21.2. The van der Waals surface area contributed by atoms with Crippen LogP contribution in [0.2, 0.25) is 0 Å². The van der Waals surface area contributed by atoms with E-state index < -0.39 is 0 Å². The van der Waals surface area contributed by atoms with Gasteiger partial charge in [0.05, 0.1) is 14.2 Å². The van der Waals surface area contributed by atoms with Gasteiger partial charge in [-0.25, -0.2) is 0 Å². The highest BCUT2D eigenvalue weighted by molar-refractivity contribution is 6.05. The Morgan fingerprint density at radius 2 is 1.69 bits per heavy atom. The molecular weight excluding hydrogens is 370 g/mol. The van der Waals surface area contributed by atoms with Gasteiger partial charge in [-0.15, -0.1) is 0 Å². The van der Waals surface area contributed by atoms with Gasteiger partial charge in [-0.2, -0.15) is 0 Å². The first-order chi connectivity index (χ1) is 13.9. The Morgan fingerprint density at radius 3 is 2.31 bits per heavy atom. The van der Waals surface area contributed by atoms with Crippen LogP contribution in [-0.2, 0) is 4.79 Å². The number of hydrogen-bond acceptors (Lipinski definition) is 5. The summed E-state index contributed by atoms with van der Waals surface area (Å²) in [4.78, 5) is 27.2. The van der Waals surface area contributed by atoms with Crippen molar-refractivity contribution in [3.63, 3.8) is 0 Å². The first kappa shape index (κ1) is 22.0. The smallest absolute Gasteiger partial charge is 0.267 e. The second-order valence-corrected chi connectivity index (χ2v) is 6.55. The molecule has 0 aliphatic heterocycles. The molecule has 0 saturated carbocycles. The third kappa shape index (κ3) is 6.65. The summed E-state index contributed by atoms with van der Waals surface area (Å²) in [5.74, 6) is 0.379. The van der Waals surface area contributed by atoms with Crippen molar-refractivity contribution in [2.24, 2.45) is 0 Å². The van der Waals surface area contributed by atoms with Gasteiger partial charge in [-0.1, -0.05) is 24.3 Å². The number of likely N-dealkylation sites (N-methyl/N-ethyl adjacent to an activating group) is 1. The molecule has 29 heavy (non-hydrogen) atoms. The molecule has 2 amide bonds. The van der Waals surface area contributed by atoms with Crippen molar-refractivity contribution in [2.45, 2.75) is 0 Å². The predicted molar refractivity (Wildman–Crippen MR) is 113 cm³/mol. The molecule has 0 spiro atoms. The van der Waals surface area contributed by atoms with Crippen LogP contribution >= 0.6 is 0 Å². The highest BCUT2D eigenvalue weighted by atomic mass is 16.5. The maximum Gasteiger partial charge on any atom is 0.267 e. The summed E-state index contributed by atoms with van der Waals surface area (Å²) in [7, 11) is 6.93. The van der Waals surface area contributed by atoms with E-state index in [1.54, 1.807) is 55.7 Å². The normalized spacial score (nSPS) is 11.1. The van der Waals surface area contributed by atoms with Crippen molar-refractivity contribution in [1.29, 1.82) is 0 Å². The molecule has 0 fully saturated rings. The van der Waals surface area contributed by atoms with E-state index in [0.29, 0.717) is 35.7 Å². The Balaban J connectivity index is 2.29. The lowest BCUT2D eigenvalue weighted by Gasteiger charge is -2.14. The number of nitrogens with zero attached hydrogens (tertiary/aromatic N) is 1. The summed E-state index contributed by atoms with van der Waals surface area (Å²) >= 11 is 0. The largest absolute Gasteiger partial charge is 0.493 e. The Morgan fingerprint density at radius 1 is 1.00 bits per heavy atom. The van der Waals surface area contributed by atoms with E-state index in [4.69, 9.17) is 9.47 Å². The molecule has 0 aromatic heterocycles. The van der Waals surface area contributed by atoms with Gasteiger partial charge < -0.3 is 25.0 Å². The highest BCUT2D eigenvalue weighted by Crippen LogP contribution is 2.28. The number of nitrogens with one attached hydrogen (secondary N) is 2. The summed E-state index contributed by atoms with van der Waals surface area (Å²) in [5, 5.41) is 5.53. The van der Waals surface area contributed by atoms with E-state index >= 15 is 0 Å². The number of amides is 2. The number of hydrogen-bond donors (Lipinski definition) is 2. The van der Waals surface area contributed by atoms with Gasteiger partial charge in [0, 0.05) is 18.7 Å². The minimum Gasteiger partial charge on any atom is -0.493 e. The van der Waals surface area contributed by atoms with Crippen molar-refractivity contribution in [1.82, 2.24) is 15.5 Å². The molecule has 2 aromatic carbocycles. The first-order valence-corrected chi connectivity index (χ1v) is 9.17. The monoisotopic (exact) mass is 397 g/mol. The zero-order valence-corrected chi connectivity index (χ0v) is 17.2. The fourth-order valence-electron chi connectivity index (χ4n) is 2.54. The van der Waals surface area contributed by atoms with E-state index in [9.17, 15) is 9.59 Å². The molecule has 0 atom stereocenters. The highest BCUT2D eigenvalue weighted by Gasteiger charge is 2.15. The second kappa shape index (κ2) is 10.9. The minimum absolute atomic E-state index is 0.143. The Hall–Kier alpha value is -3.32. The number of ether oxygens (including phenoxy) is 2. The summed E-state index contributed by atoms with van der Waals surface area (Å²) in [6.45, 7) is 1.14. The topological polar surface area (TPSA) is 79.9 Å². The van der Waals surface area contributed by atoms with Crippen LogP contribution < -0.4 is 20.1 Å². The fraction of sp³-hybridized carbons (Fsp3) is 0.273. The number of benzene rings is 2. The lowest BCUT2D eigenvalue weighted by Crippen LogP contribution is -2.37. The van der Waals surface area contributed by atoms with Crippen molar-refractivity contribution >= 4 is 17.9 Å². The van der Waals surface area contributed by atoms with Crippen LogP contribution in [0.3, 0.4) is 0 Å². The van der Waals surface area contributed by atoms with Crippen LogP contribution in [0, 0.1) is 0 Å². The molecule has 7 heteroatoms. The molecule has 2 aromatic rings. The molecule has 0 bridgehead atoms. The van der Waals surface area contributed by atoms with E-state index in [2.05, 4.69) is 10.6 Å². The second-order valence-electron chi connectivity index (χ2n) is 6.55. The van der Waals surface area contributed by atoms with Gasteiger partial charge in [0.15, 0.2) is 11.5 Å². The van der Waals surface area contributed by atoms with Gasteiger partial charge >= 0.3 is 0 Å². The molecule has 154 valence electrons. The Bertz CT molecular complexity index is 864. The lowest BCUT2D eigenvalue weighted by molar-refractivity contribution is -0.117. The summed E-state index contributed by atoms with van der Waals surface area (Å²) in [6, 6.07) is 14.0. The Kier molecular flexibility index (Phi) is 8.24. The van der Waals surface area contributed by atoms with Crippen LogP contribution in [0.25, 0.3) is 6.08 Å². The third-order valence-corrected chi connectivity index (χ3v) is 4.09. The molecule has 2 N–H and O–H groups in total. The number of methoxy groups -OCH3 is 2. The SMILES string of the molecule is COc1ccc(/C=C(/NC(=O)c2ccccc2)C(=O)NCCN(C)C)cc1OC. The van der Waals surface area contributed by atoms with Crippen molar-refractivity contribution in [2.75, 3.05) is 41.4 Å². The van der Waals surface area contributed by atoms with Crippen LogP contribution in [0.1, 0.15) is 15.9 Å². The van der Waals surface area contributed by atoms with E-state index in [1.165, 1.54) is 7.11 Å². The minimum atomic E-state index is -0.370. The van der Waals surface area contributed by atoms with Crippen LogP contribution in [0.15, 0.2) is 54.2 Å². The number of rotatable bonds is 9. The maximum atomic E-state index is 12.7. The van der Waals surface area contributed by atoms with E-state index in [0.717, 1.165) is 0 Å². The maximum absolute atomic E-state index is 12.7. The van der Waals surface area contributed by atoms with Crippen LogP contribution in [0.5, 0.6) is 11.5 Å². The molecule has 0 aliphatic carbocycles. The zero-order valence-electron chi connectivity index (χ0n) is 17.2. The molecule has 0 saturated heterocycles. The molecule has 0 radical (unpaired) electrons. The van der Waals surface area contributed by atoms with Crippen molar-refractivity contribution in [3.8, 4) is 11.5 Å². The van der Waals surface area contributed by atoms with Gasteiger partial charge in [0.2, 0.25) is 0 Å². The third-order valence-electron chi connectivity index (χ3n) is 4.09. The van der Waals surface area contributed by atoms with Gasteiger partial charge in [0.1, 0.15) is 5.70 Å². The predicted octanol–water partition coefficient (Wildman–Crippen LogP) is 2.15. The molecule has 2 rings (SSSR count). The van der Waals surface area contributed by atoms with Crippen molar-refractivity contribution < 1.29 is 19.1 Å². The van der Waals surface area contributed by atoms with Crippen LogP contribution in [-0.4, -0.2) is 58.1 Å². The molecule has 0 unspecified atom stereocenters. The number of carbonyl (C=O) groups excluding carboxylic acids is 2. The summed E-state index contributed by atoms with van der Waals surface area (Å²) < 4.78 is 10.6. The average molecular weight is 397 g/mol. The summed E-state index contributed by atoms with van der Waals surface area (Å²) in [5.41, 5.74) is 1.30. The standard InChI is InChI=1S/C22H27N3O4/c1-25(2)13-12-23-22(27)18(24-21(26)17-8-6-5-7-9-17)14-16-10-11-19(28-3)20(15-16)29-4/h5-11,14-15H,12-13H2,1-4H3,(H,23,27)(H,24,26)/b18-14+. The fourth-order valence-corrected chi connectivity index (χ4v) is 2.54. The Labute approximate surface area is 171 Å². The molecule has 7 nitrogen and oxygen atoms in total. The van der Waals surface area contributed by atoms with Gasteiger partial charge in [0.25, 0.3) is 11.8 Å². The molecule has 0 aliphatic rings. The lowest BCUT2D eigenvalue weighted by atomic mass is 10.1. The summed E-state index contributed by atoms with van der Waals surface area (Å²) in [6.07, 6.45) is 1.60. The average Bonchev–Trinajstić information content (AvgIpc) is 2.73. The van der Waals surface area contributed by atoms with Crippen molar-refractivity contribution in [3.05, 3.63) is 65.4 Å². The molecular formula is C22H27N3O4. The van der Waals surface area contributed by atoms with Gasteiger partial charge in [-0.3, -0.25) is 9.59 Å². The van der Waals surface area contributed by atoms with Crippen LogP contribution in [0.4, 0.5) is 0 Å². The first-order valence-electron chi connectivity index (χ1n) is 9.17. The molecule has 0 heterocycles. The quantitative estimate of drug-likeness (QED) is 0.634. The van der Waals surface area contributed by atoms with E-state index in [1.807, 2.05) is 25.1 Å². The number of carbonyl (C=O) groups is 2. The van der Waals surface area contributed by atoms with E-state index in [-0.39, 0.29) is 17.5 Å². The van der Waals surface area contributed by atoms with Gasteiger partial charge in [-0.05, 0) is 50.0 Å².